The molecule has 1 fully saturated rings. The van der Waals surface area contributed by atoms with Gasteiger partial charge >= 0.3 is 0 Å². The third-order valence-corrected chi connectivity index (χ3v) is 4.09. The number of rotatable bonds is 3. The molecule has 2 rings (SSSR count). The molecule has 16 heavy (non-hydrogen) atoms. The van der Waals surface area contributed by atoms with Crippen LogP contribution < -0.4 is 4.74 Å². The van der Waals surface area contributed by atoms with E-state index in [-0.39, 0.29) is 6.10 Å². The minimum absolute atomic E-state index is 0.369. The molecule has 1 aliphatic rings. The van der Waals surface area contributed by atoms with Gasteiger partial charge in [0.15, 0.2) is 0 Å². The van der Waals surface area contributed by atoms with Gasteiger partial charge in [-0.25, -0.2) is 0 Å². The second-order valence-corrected chi connectivity index (χ2v) is 5.23. The zero-order valence-electron chi connectivity index (χ0n) is 9.45. The van der Waals surface area contributed by atoms with Crippen LogP contribution in [0.1, 0.15) is 37.4 Å². The summed E-state index contributed by atoms with van der Waals surface area (Å²) in [6.07, 6.45) is 4.37. The fourth-order valence-electron chi connectivity index (χ4n) is 2.40. The van der Waals surface area contributed by atoms with Gasteiger partial charge in [-0.3, -0.25) is 0 Å². The van der Waals surface area contributed by atoms with Gasteiger partial charge in [0.2, 0.25) is 0 Å². The smallest absolute Gasteiger partial charge is 0.119 e. The van der Waals surface area contributed by atoms with Crippen molar-refractivity contribution in [2.45, 2.75) is 31.8 Å². The average molecular weight is 285 g/mol. The van der Waals surface area contributed by atoms with Gasteiger partial charge in [-0.2, -0.15) is 0 Å². The van der Waals surface area contributed by atoms with Crippen molar-refractivity contribution in [3.63, 3.8) is 0 Å². The van der Waals surface area contributed by atoms with Crippen molar-refractivity contribution in [3.05, 3.63) is 28.2 Å². The lowest BCUT2D eigenvalue weighted by Gasteiger charge is -2.19. The van der Waals surface area contributed by atoms with E-state index in [1.54, 1.807) is 7.11 Å². The maximum atomic E-state index is 10.3. The molecule has 0 aliphatic heterocycles. The molecule has 1 saturated carbocycles. The summed E-state index contributed by atoms with van der Waals surface area (Å²) in [6, 6.07) is 5.76. The Balaban J connectivity index is 2.23. The van der Waals surface area contributed by atoms with Gasteiger partial charge in [0.1, 0.15) is 5.75 Å². The van der Waals surface area contributed by atoms with E-state index in [4.69, 9.17) is 4.74 Å². The fourth-order valence-corrected chi connectivity index (χ4v) is 2.88. The van der Waals surface area contributed by atoms with Crippen LogP contribution in [-0.4, -0.2) is 12.2 Å². The van der Waals surface area contributed by atoms with Crippen LogP contribution in [0.3, 0.4) is 0 Å². The first kappa shape index (κ1) is 11.9. The van der Waals surface area contributed by atoms with E-state index in [0.717, 1.165) is 28.6 Å². The number of aliphatic hydroxyl groups is 1. The summed E-state index contributed by atoms with van der Waals surface area (Å²) in [5.74, 6) is 1.21. The van der Waals surface area contributed by atoms with Crippen molar-refractivity contribution in [3.8, 4) is 5.75 Å². The monoisotopic (exact) mass is 284 g/mol. The highest BCUT2D eigenvalue weighted by atomic mass is 79.9. The van der Waals surface area contributed by atoms with E-state index < -0.39 is 0 Å². The largest absolute Gasteiger partial charge is 0.497 e. The van der Waals surface area contributed by atoms with Crippen LogP contribution in [0.5, 0.6) is 5.75 Å². The maximum absolute atomic E-state index is 10.3. The fraction of sp³-hybridized carbons (Fsp3) is 0.538. The van der Waals surface area contributed by atoms with Crippen LogP contribution in [0.2, 0.25) is 0 Å². The van der Waals surface area contributed by atoms with Gasteiger partial charge in [-0.1, -0.05) is 28.8 Å². The normalized spacial score (nSPS) is 18.7. The Morgan fingerprint density at radius 1 is 1.38 bits per heavy atom. The van der Waals surface area contributed by atoms with Crippen LogP contribution in [0.15, 0.2) is 22.7 Å². The van der Waals surface area contributed by atoms with Gasteiger partial charge in [0, 0.05) is 4.47 Å². The molecule has 0 radical (unpaired) electrons. The number of methoxy groups -OCH3 is 1. The van der Waals surface area contributed by atoms with E-state index in [1.165, 1.54) is 12.8 Å². The Morgan fingerprint density at radius 3 is 2.69 bits per heavy atom. The standard InChI is InChI=1S/C13H17BrO2/c1-16-10-6-7-12(14)11(8-10)13(15)9-4-2-3-5-9/h6-9,13,15H,2-5H2,1H3. The van der Waals surface area contributed by atoms with Gasteiger partial charge < -0.3 is 9.84 Å². The Bertz CT molecular complexity index is 359. The number of aliphatic hydroxyl groups excluding tert-OH is 1. The van der Waals surface area contributed by atoms with Crippen molar-refractivity contribution in [2.75, 3.05) is 7.11 Å². The summed E-state index contributed by atoms with van der Waals surface area (Å²) < 4.78 is 6.16. The highest BCUT2D eigenvalue weighted by Gasteiger charge is 2.26. The molecule has 0 saturated heterocycles. The quantitative estimate of drug-likeness (QED) is 0.918. The van der Waals surface area contributed by atoms with Crippen molar-refractivity contribution in [2.24, 2.45) is 5.92 Å². The number of ether oxygens (including phenoxy) is 1. The van der Waals surface area contributed by atoms with Gasteiger partial charge in [0.25, 0.3) is 0 Å². The second-order valence-electron chi connectivity index (χ2n) is 4.38. The molecule has 3 heteroatoms. The summed E-state index contributed by atoms with van der Waals surface area (Å²) >= 11 is 3.49. The van der Waals surface area contributed by atoms with Crippen LogP contribution in [0, 0.1) is 5.92 Å². The molecular weight excluding hydrogens is 268 g/mol. The third-order valence-electron chi connectivity index (χ3n) is 3.37. The van der Waals surface area contributed by atoms with Crippen LogP contribution >= 0.6 is 15.9 Å². The molecule has 1 atom stereocenters. The zero-order chi connectivity index (χ0) is 11.5. The topological polar surface area (TPSA) is 29.5 Å². The van der Waals surface area contributed by atoms with E-state index in [0.29, 0.717) is 5.92 Å². The molecule has 1 unspecified atom stereocenters. The average Bonchev–Trinajstić information content (AvgIpc) is 2.82. The molecule has 1 N–H and O–H groups in total. The van der Waals surface area contributed by atoms with E-state index in [2.05, 4.69) is 15.9 Å². The second kappa shape index (κ2) is 5.19. The first-order valence-electron chi connectivity index (χ1n) is 5.74. The van der Waals surface area contributed by atoms with Gasteiger partial charge in [0.05, 0.1) is 13.2 Å². The lowest BCUT2D eigenvalue weighted by atomic mass is 9.94. The first-order valence-corrected chi connectivity index (χ1v) is 6.53. The lowest BCUT2D eigenvalue weighted by molar-refractivity contribution is 0.111. The molecule has 1 aromatic carbocycles. The Morgan fingerprint density at radius 2 is 2.06 bits per heavy atom. The van der Waals surface area contributed by atoms with Crippen molar-refractivity contribution >= 4 is 15.9 Å². The Kier molecular flexibility index (Phi) is 3.87. The van der Waals surface area contributed by atoms with E-state index in [9.17, 15) is 5.11 Å². The molecule has 0 bridgehead atoms. The Labute approximate surface area is 105 Å². The maximum Gasteiger partial charge on any atom is 0.119 e. The summed E-state index contributed by atoms with van der Waals surface area (Å²) in [7, 11) is 1.65. The van der Waals surface area contributed by atoms with Crippen LogP contribution in [-0.2, 0) is 0 Å². The summed E-state index contributed by atoms with van der Waals surface area (Å²) in [4.78, 5) is 0. The predicted molar refractivity (Wildman–Crippen MR) is 67.6 cm³/mol. The summed E-state index contributed by atoms with van der Waals surface area (Å²) in [5.41, 5.74) is 0.950. The van der Waals surface area contributed by atoms with Gasteiger partial charge in [-0.15, -0.1) is 0 Å². The highest BCUT2D eigenvalue weighted by molar-refractivity contribution is 9.10. The molecule has 1 aromatic rings. The number of hydrogen-bond acceptors (Lipinski definition) is 2. The molecule has 1 aliphatic carbocycles. The molecule has 0 amide bonds. The molecule has 0 heterocycles. The molecule has 0 aromatic heterocycles. The number of halogens is 1. The Hall–Kier alpha value is -0.540. The van der Waals surface area contributed by atoms with Gasteiger partial charge in [-0.05, 0) is 42.5 Å². The highest BCUT2D eigenvalue weighted by Crippen LogP contribution is 2.39. The van der Waals surface area contributed by atoms with Crippen LogP contribution in [0.25, 0.3) is 0 Å². The number of benzene rings is 1. The molecule has 2 nitrogen and oxygen atoms in total. The van der Waals surface area contributed by atoms with E-state index >= 15 is 0 Å². The molecular formula is C13H17BrO2. The SMILES string of the molecule is COc1ccc(Br)c(C(O)C2CCCC2)c1. The minimum Gasteiger partial charge on any atom is -0.497 e. The van der Waals surface area contributed by atoms with Crippen molar-refractivity contribution in [1.82, 2.24) is 0 Å². The number of hydrogen-bond donors (Lipinski definition) is 1. The first-order chi connectivity index (χ1) is 7.72. The summed E-state index contributed by atoms with van der Waals surface area (Å²) in [6.45, 7) is 0. The zero-order valence-corrected chi connectivity index (χ0v) is 11.0. The van der Waals surface area contributed by atoms with E-state index in [1.807, 2.05) is 18.2 Å². The summed E-state index contributed by atoms with van der Waals surface area (Å²) in [5, 5.41) is 10.3. The van der Waals surface area contributed by atoms with Crippen molar-refractivity contribution in [1.29, 1.82) is 0 Å². The lowest BCUT2D eigenvalue weighted by Crippen LogP contribution is -2.09. The predicted octanol–water partition coefficient (Wildman–Crippen LogP) is 3.68. The van der Waals surface area contributed by atoms with Crippen molar-refractivity contribution < 1.29 is 9.84 Å². The molecule has 88 valence electrons. The minimum atomic E-state index is -0.369. The molecule has 0 spiro atoms. The third kappa shape index (κ3) is 2.41. The van der Waals surface area contributed by atoms with Crippen LogP contribution in [0.4, 0.5) is 0 Å².